The molecule has 2 aromatic carbocycles. The summed E-state index contributed by atoms with van der Waals surface area (Å²) in [5.41, 5.74) is 2.09. The maximum Gasteiger partial charge on any atom is 0.261 e. The van der Waals surface area contributed by atoms with Crippen molar-refractivity contribution in [1.82, 2.24) is 0 Å². The quantitative estimate of drug-likeness (QED) is 0.846. The third-order valence-corrected chi connectivity index (χ3v) is 4.88. The molecule has 0 aliphatic carbocycles. The number of aromatic hydroxyl groups is 1. The Morgan fingerprint density at radius 1 is 1.00 bits per heavy atom. The second-order valence-electron chi connectivity index (χ2n) is 6.38. The first-order chi connectivity index (χ1) is 10.1. The highest BCUT2D eigenvalue weighted by molar-refractivity contribution is 7.92. The van der Waals surface area contributed by atoms with E-state index in [1.807, 2.05) is 12.1 Å². The molecule has 0 aliphatic rings. The van der Waals surface area contributed by atoms with Gasteiger partial charge in [0, 0.05) is 5.69 Å². The Hall–Kier alpha value is -2.01. The summed E-state index contributed by atoms with van der Waals surface area (Å²) in [6.07, 6.45) is 0. The van der Waals surface area contributed by atoms with Crippen LogP contribution in [0.1, 0.15) is 31.9 Å². The van der Waals surface area contributed by atoms with Crippen molar-refractivity contribution in [2.45, 2.75) is 38.0 Å². The predicted molar refractivity (Wildman–Crippen MR) is 88.8 cm³/mol. The fourth-order valence-electron chi connectivity index (χ4n) is 2.07. The highest BCUT2D eigenvalue weighted by Crippen LogP contribution is 2.25. The van der Waals surface area contributed by atoms with E-state index >= 15 is 0 Å². The Labute approximate surface area is 131 Å². The smallest absolute Gasteiger partial charge is 0.261 e. The first kappa shape index (κ1) is 16.4. The number of rotatable bonds is 3. The molecule has 0 fully saturated rings. The Bertz CT molecular complexity index is 773. The summed E-state index contributed by atoms with van der Waals surface area (Å²) in [5, 5.41) is 9.49. The summed E-state index contributed by atoms with van der Waals surface area (Å²) in [6, 6.07) is 11.5. The molecule has 118 valence electrons. The summed E-state index contributed by atoms with van der Waals surface area (Å²) in [7, 11) is -3.64. The lowest BCUT2D eigenvalue weighted by Gasteiger charge is -2.19. The van der Waals surface area contributed by atoms with Gasteiger partial charge in [0.1, 0.15) is 5.75 Å². The second-order valence-corrected chi connectivity index (χ2v) is 8.06. The van der Waals surface area contributed by atoms with Crippen LogP contribution in [0.5, 0.6) is 5.75 Å². The lowest BCUT2D eigenvalue weighted by atomic mass is 9.87. The molecule has 0 aromatic heterocycles. The zero-order chi connectivity index (χ0) is 16.5. The molecule has 22 heavy (non-hydrogen) atoms. The van der Waals surface area contributed by atoms with E-state index in [0.717, 1.165) is 5.56 Å². The monoisotopic (exact) mass is 319 g/mol. The summed E-state index contributed by atoms with van der Waals surface area (Å²) < 4.78 is 27.3. The zero-order valence-electron chi connectivity index (χ0n) is 13.2. The van der Waals surface area contributed by atoms with Gasteiger partial charge in [-0.25, -0.2) is 8.42 Å². The van der Waals surface area contributed by atoms with Crippen molar-refractivity contribution >= 4 is 15.7 Å². The summed E-state index contributed by atoms with van der Waals surface area (Å²) in [5.74, 6) is 0.137. The molecule has 0 aliphatic heterocycles. The van der Waals surface area contributed by atoms with Crippen LogP contribution in [0.3, 0.4) is 0 Å². The van der Waals surface area contributed by atoms with Crippen molar-refractivity contribution in [3.05, 3.63) is 53.6 Å². The summed E-state index contributed by atoms with van der Waals surface area (Å²) in [4.78, 5) is 0.214. The van der Waals surface area contributed by atoms with E-state index in [0.29, 0.717) is 11.3 Å². The third kappa shape index (κ3) is 3.60. The molecule has 0 unspecified atom stereocenters. The van der Waals surface area contributed by atoms with Gasteiger partial charge in [-0.1, -0.05) is 32.9 Å². The van der Waals surface area contributed by atoms with E-state index in [1.165, 1.54) is 12.1 Å². The van der Waals surface area contributed by atoms with Crippen molar-refractivity contribution in [2.24, 2.45) is 0 Å². The van der Waals surface area contributed by atoms with Gasteiger partial charge in [-0.15, -0.1) is 0 Å². The topological polar surface area (TPSA) is 66.4 Å². The van der Waals surface area contributed by atoms with Crippen LogP contribution in [0.4, 0.5) is 5.69 Å². The Morgan fingerprint density at radius 2 is 1.59 bits per heavy atom. The molecule has 0 saturated heterocycles. The minimum Gasteiger partial charge on any atom is -0.508 e. The van der Waals surface area contributed by atoms with Gasteiger partial charge in [0.25, 0.3) is 10.0 Å². The molecule has 0 saturated carbocycles. The average Bonchev–Trinajstić information content (AvgIpc) is 2.42. The van der Waals surface area contributed by atoms with Gasteiger partial charge in [0.15, 0.2) is 0 Å². The van der Waals surface area contributed by atoms with Gasteiger partial charge >= 0.3 is 0 Å². The first-order valence-corrected chi connectivity index (χ1v) is 8.51. The van der Waals surface area contributed by atoms with Gasteiger partial charge in [0.05, 0.1) is 4.90 Å². The molecular weight excluding hydrogens is 298 g/mol. The molecule has 2 rings (SSSR count). The van der Waals surface area contributed by atoms with Crippen molar-refractivity contribution in [1.29, 1.82) is 0 Å². The van der Waals surface area contributed by atoms with E-state index in [1.54, 1.807) is 25.1 Å². The van der Waals surface area contributed by atoms with Crippen LogP contribution >= 0.6 is 0 Å². The number of anilines is 1. The van der Waals surface area contributed by atoms with E-state index < -0.39 is 10.0 Å². The Kier molecular flexibility index (Phi) is 4.20. The molecule has 2 aromatic rings. The van der Waals surface area contributed by atoms with Crippen LogP contribution in [-0.2, 0) is 15.4 Å². The fraction of sp³-hybridized carbons (Fsp3) is 0.294. The lowest BCUT2D eigenvalue weighted by Crippen LogP contribution is -2.15. The molecule has 4 nitrogen and oxygen atoms in total. The Morgan fingerprint density at radius 3 is 2.09 bits per heavy atom. The summed E-state index contributed by atoms with van der Waals surface area (Å²) in [6.45, 7) is 7.95. The normalized spacial score (nSPS) is 12.2. The van der Waals surface area contributed by atoms with Crippen molar-refractivity contribution < 1.29 is 13.5 Å². The second kappa shape index (κ2) is 5.65. The van der Waals surface area contributed by atoms with Crippen molar-refractivity contribution in [3.63, 3.8) is 0 Å². The average molecular weight is 319 g/mol. The first-order valence-electron chi connectivity index (χ1n) is 7.02. The standard InChI is InChI=1S/C17H21NO3S/c1-12-11-14(7-10-16(12)19)18-22(20,21)15-8-5-13(6-9-15)17(2,3)4/h5-11,18-19H,1-4H3. The van der Waals surface area contributed by atoms with Gasteiger partial charge < -0.3 is 5.11 Å². The van der Waals surface area contributed by atoms with Crippen LogP contribution in [0.25, 0.3) is 0 Å². The number of benzene rings is 2. The van der Waals surface area contributed by atoms with E-state index in [9.17, 15) is 13.5 Å². The van der Waals surface area contributed by atoms with E-state index in [4.69, 9.17) is 0 Å². The number of nitrogens with one attached hydrogen (secondary N) is 1. The van der Waals surface area contributed by atoms with E-state index in [-0.39, 0.29) is 16.1 Å². The molecule has 0 atom stereocenters. The highest BCUT2D eigenvalue weighted by Gasteiger charge is 2.17. The largest absolute Gasteiger partial charge is 0.508 e. The molecular formula is C17H21NO3S. The minimum absolute atomic E-state index is 0.0240. The van der Waals surface area contributed by atoms with Crippen LogP contribution in [0.2, 0.25) is 0 Å². The van der Waals surface area contributed by atoms with Crippen molar-refractivity contribution in [2.75, 3.05) is 4.72 Å². The van der Waals surface area contributed by atoms with Crippen molar-refractivity contribution in [3.8, 4) is 5.75 Å². The zero-order valence-corrected chi connectivity index (χ0v) is 14.0. The minimum atomic E-state index is -3.64. The van der Waals surface area contributed by atoms with Crippen LogP contribution in [-0.4, -0.2) is 13.5 Å². The van der Waals surface area contributed by atoms with Gasteiger partial charge in [-0.2, -0.15) is 0 Å². The highest BCUT2D eigenvalue weighted by atomic mass is 32.2. The Balaban J connectivity index is 2.28. The molecule has 2 N–H and O–H groups in total. The molecule has 0 bridgehead atoms. The molecule has 0 radical (unpaired) electrons. The fourth-order valence-corrected chi connectivity index (χ4v) is 3.12. The lowest BCUT2D eigenvalue weighted by molar-refractivity contribution is 0.471. The third-order valence-electron chi connectivity index (χ3n) is 3.48. The van der Waals surface area contributed by atoms with Crippen LogP contribution < -0.4 is 4.72 Å². The number of sulfonamides is 1. The molecule has 0 spiro atoms. The van der Waals surface area contributed by atoms with E-state index in [2.05, 4.69) is 25.5 Å². The molecule has 0 amide bonds. The maximum absolute atomic E-state index is 12.4. The number of phenols is 1. The number of aryl methyl sites for hydroxylation is 1. The van der Waals surface area contributed by atoms with Gasteiger partial charge in [-0.05, 0) is 53.8 Å². The summed E-state index contributed by atoms with van der Waals surface area (Å²) >= 11 is 0. The van der Waals surface area contributed by atoms with Crippen LogP contribution in [0.15, 0.2) is 47.4 Å². The number of hydrogen-bond acceptors (Lipinski definition) is 3. The van der Waals surface area contributed by atoms with Crippen LogP contribution in [0, 0.1) is 6.92 Å². The number of phenolic OH excluding ortho intramolecular Hbond substituents is 1. The predicted octanol–water partition coefficient (Wildman–Crippen LogP) is 3.80. The molecule has 5 heteroatoms. The number of hydrogen-bond donors (Lipinski definition) is 2. The maximum atomic E-state index is 12.4. The van der Waals surface area contributed by atoms with Gasteiger partial charge in [-0.3, -0.25) is 4.72 Å². The SMILES string of the molecule is Cc1cc(NS(=O)(=O)c2ccc(C(C)(C)C)cc2)ccc1O. The van der Waals surface area contributed by atoms with Gasteiger partial charge in [0.2, 0.25) is 0 Å². The molecule has 0 heterocycles.